The van der Waals surface area contributed by atoms with Crippen LogP contribution in [0.15, 0.2) is 22.7 Å². The van der Waals surface area contributed by atoms with E-state index in [1.54, 1.807) is 32.4 Å². The minimum Gasteiger partial charge on any atom is -0.398 e. The van der Waals surface area contributed by atoms with Crippen LogP contribution in [0.2, 0.25) is 0 Å². The molecule has 0 aromatic heterocycles. The van der Waals surface area contributed by atoms with E-state index in [9.17, 15) is 4.79 Å². The van der Waals surface area contributed by atoms with Gasteiger partial charge in [-0.15, -0.1) is 0 Å². The third-order valence-electron chi connectivity index (χ3n) is 2.43. The van der Waals surface area contributed by atoms with Gasteiger partial charge in [0.15, 0.2) is 0 Å². The number of nitrogen functional groups attached to an aromatic ring is 1. The zero-order chi connectivity index (χ0) is 13.5. The zero-order valence-electron chi connectivity index (χ0n) is 10.4. The molecule has 0 saturated heterocycles. The van der Waals surface area contributed by atoms with Gasteiger partial charge in [0.1, 0.15) is 0 Å². The van der Waals surface area contributed by atoms with E-state index < -0.39 is 0 Å². The first-order chi connectivity index (χ1) is 8.58. The second kappa shape index (κ2) is 7.35. The molecule has 1 aromatic rings. The number of hydrogen-bond acceptors (Lipinski definition) is 4. The first kappa shape index (κ1) is 14.9. The fraction of sp³-hybridized carbons (Fsp3) is 0.417. The highest BCUT2D eigenvalue weighted by Crippen LogP contribution is 2.20. The number of nitrogens with one attached hydrogen (secondary N) is 1. The summed E-state index contributed by atoms with van der Waals surface area (Å²) in [5.74, 6) is -0.188. The molecular formula is C12H17BrN2O3. The molecule has 0 aliphatic rings. The fourth-order valence-corrected chi connectivity index (χ4v) is 1.64. The lowest BCUT2D eigenvalue weighted by Crippen LogP contribution is -2.35. The van der Waals surface area contributed by atoms with Gasteiger partial charge in [-0.05, 0) is 34.1 Å². The fourth-order valence-electron chi connectivity index (χ4n) is 1.39. The first-order valence-corrected chi connectivity index (χ1v) is 6.22. The molecule has 1 amide bonds. The SMILES string of the molecule is COCC(CNC(=O)c1ccc(Br)c(N)c1)OC. The maximum absolute atomic E-state index is 11.9. The van der Waals surface area contributed by atoms with Crippen molar-refractivity contribution in [3.63, 3.8) is 0 Å². The summed E-state index contributed by atoms with van der Waals surface area (Å²) in [6.07, 6.45) is -0.160. The number of hydrogen-bond donors (Lipinski definition) is 2. The van der Waals surface area contributed by atoms with E-state index in [2.05, 4.69) is 21.2 Å². The summed E-state index contributed by atoms with van der Waals surface area (Å²) in [4.78, 5) is 11.9. The topological polar surface area (TPSA) is 73.6 Å². The first-order valence-electron chi connectivity index (χ1n) is 5.43. The Morgan fingerprint density at radius 1 is 1.50 bits per heavy atom. The average molecular weight is 317 g/mol. The number of carbonyl (C=O) groups excluding carboxylic acids is 1. The van der Waals surface area contributed by atoms with Gasteiger partial charge in [-0.1, -0.05) is 0 Å². The molecule has 0 aliphatic carbocycles. The lowest BCUT2D eigenvalue weighted by atomic mass is 10.2. The van der Waals surface area contributed by atoms with E-state index in [1.165, 1.54) is 0 Å². The Morgan fingerprint density at radius 2 is 2.22 bits per heavy atom. The molecule has 1 rings (SSSR count). The quantitative estimate of drug-likeness (QED) is 0.778. The summed E-state index contributed by atoms with van der Waals surface area (Å²) in [7, 11) is 3.16. The monoisotopic (exact) mass is 316 g/mol. The molecule has 0 bridgehead atoms. The van der Waals surface area contributed by atoms with Crippen LogP contribution >= 0.6 is 15.9 Å². The highest BCUT2D eigenvalue weighted by molar-refractivity contribution is 9.10. The van der Waals surface area contributed by atoms with Crippen LogP contribution in [-0.2, 0) is 9.47 Å². The molecule has 3 N–H and O–H groups in total. The Labute approximate surface area is 115 Å². The number of benzene rings is 1. The smallest absolute Gasteiger partial charge is 0.251 e. The number of ether oxygens (including phenoxy) is 2. The van der Waals surface area contributed by atoms with Crippen molar-refractivity contribution >= 4 is 27.5 Å². The van der Waals surface area contributed by atoms with Gasteiger partial charge >= 0.3 is 0 Å². The van der Waals surface area contributed by atoms with E-state index >= 15 is 0 Å². The van der Waals surface area contributed by atoms with Crippen molar-refractivity contribution in [2.75, 3.05) is 33.1 Å². The van der Waals surface area contributed by atoms with Crippen molar-refractivity contribution in [2.24, 2.45) is 0 Å². The largest absolute Gasteiger partial charge is 0.398 e. The molecule has 0 radical (unpaired) electrons. The summed E-state index contributed by atoms with van der Waals surface area (Å²) < 4.78 is 10.9. The van der Waals surface area contributed by atoms with Gasteiger partial charge in [-0.3, -0.25) is 4.79 Å². The lowest BCUT2D eigenvalue weighted by molar-refractivity contribution is 0.0285. The normalized spacial score (nSPS) is 12.2. The number of halogens is 1. The molecule has 1 unspecified atom stereocenters. The van der Waals surface area contributed by atoms with Crippen molar-refractivity contribution in [3.8, 4) is 0 Å². The Hall–Kier alpha value is -1.11. The van der Waals surface area contributed by atoms with Crippen LogP contribution in [0.5, 0.6) is 0 Å². The van der Waals surface area contributed by atoms with Crippen LogP contribution in [-0.4, -0.2) is 39.4 Å². The molecule has 1 aromatic carbocycles. The second-order valence-corrected chi connectivity index (χ2v) is 4.61. The highest BCUT2D eigenvalue weighted by atomic mass is 79.9. The van der Waals surface area contributed by atoms with Crippen LogP contribution in [0.1, 0.15) is 10.4 Å². The minimum atomic E-state index is -0.188. The number of carbonyl (C=O) groups is 1. The molecule has 100 valence electrons. The van der Waals surface area contributed by atoms with Crippen molar-refractivity contribution in [1.82, 2.24) is 5.32 Å². The molecule has 0 heterocycles. The number of amides is 1. The van der Waals surface area contributed by atoms with Gasteiger partial charge in [0, 0.05) is 36.5 Å². The molecule has 0 fully saturated rings. The Kier molecular flexibility index (Phi) is 6.11. The number of anilines is 1. The Balaban J connectivity index is 2.57. The van der Waals surface area contributed by atoms with Crippen molar-refractivity contribution in [2.45, 2.75) is 6.10 Å². The molecule has 1 atom stereocenters. The Morgan fingerprint density at radius 3 is 2.78 bits per heavy atom. The molecular weight excluding hydrogens is 300 g/mol. The highest BCUT2D eigenvalue weighted by Gasteiger charge is 2.11. The summed E-state index contributed by atoms with van der Waals surface area (Å²) in [5.41, 5.74) is 6.76. The third kappa shape index (κ3) is 4.29. The zero-order valence-corrected chi connectivity index (χ0v) is 12.0. The number of methoxy groups -OCH3 is 2. The van der Waals surface area contributed by atoms with Crippen LogP contribution in [0.4, 0.5) is 5.69 Å². The van der Waals surface area contributed by atoms with Gasteiger partial charge in [-0.2, -0.15) is 0 Å². The van der Waals surface area contributed by atoms with Crippen LogP contribution < -0.4 is 11.1 Å². The van der Waals surface area contributed by atoms with Gasteiger partial charge in [-0.25, -0.2) is 0 Å². The van der Waals surface area contributed by atoms with Crippen molar-refractivity contribution in [1.29, 1.82) is 0 Å². The maximum atomic E-state index is 11.9. The third-order valence-corrected chi connectivity index (χ3v) is 3.16. The van der Waals surface area contributed by atoms with Crippen molar-refractivity contribution < 1.29 is 14.3 Å². The Bertz CT molecular complexity index is 412. The molecule has 5 nitrogen and oxygen atoms in total. The van der Waals surface area contributed by atoms with E-state index in [-0.39, 0.29) is 12.0 Å². The number of rotatable bonds is 6. The van der Waals surface area contributed by atoms with E-state index in [4.69, 9.17) is 15.2 Å². The second-order valence-electron chi connectivity index (χ2n) is 3.76. The minimum absolute atomic E-state index is 0.160. The molecule has 0 spiro atoms. The van der Waals surface area contributed by atoms with Gasteiger partial charge < -0.3 is 20.5 Å². The van der Waals surface area contributed by atoms with Crippen molar-refractivity contribution in [3.05, 3.63) is 28.2 Å². The maximum Gasteiger partial charge on any atom is 0.251 e. The van der Waals surface area contributed by atoms with Crippen LogP contribution in [0.25, 0.3) is 0 Å². The van der Waals surface area contributed by atoms with Crippen LogP contribution in [0, 0.1) is 0 Å². The number of nitrogens with two attached hydrogens (primary N) is 1. The molecule has 18 heavy (non-hydrogen) atoms. The lowest BCUT2D eigenvalue weighted by Gasteiger charge is -2.15. The van der Waals surface area contributed by atoms with Gasteiger partial charge in [0.25, 0.3) is 5.91 Å². The summed E-state index contributed by atoms with van der Waals surface area (Å²) >= 11 is 3.28. The standard InChI is InChI=1S/C12H17BrN2O3/c1-17-7-9(18-2)6-15-12(16)8-3-4-10(13)11(14)5-8/h3-5,9H,6-7,14H2,1-2H3,(H,15,16). The van der Waals surface area contributed by atoms with Crippen LogP contribution in [0.3, 0.4) is 0 Å². The van der Waals surface area contributed by atoms with Gasteiger partial charge in [0.2, 0.25) is 0 Å². The van der Waals surface area contributed by atoms with Gasteiger partial charge in [0.05, 0.1) is 12.7 Å². The summed E-state index contributed by atoms with van der Waals surface area (Å²) in [6.45, 7) is 0.818. The molecule has 6 heteroatoms. The van der Waals surface area contributed by atoms with E-state index in [0.29, 0.717) is 24.4 Å². The van der Waals surface area contributed by atoms with E-state index in [1.807, 2.05) is 0 Å². The average Bonchev–Trinajstić information content (AvgIpc) is 2.37. The summed E-state index contributed by atoms with van der Waals surface area (Å²) in [5, 5.41) is 2.77. The molecule has 0 saturated carbocycles. The molecule has 0 aliphatic heterocycles. The predicted molar refractivity (Wildman–Crippen MR) is 73.6 cm³/mol. The predicted octanol–water partition coefficient (Wildman–Crippen LogP) is 1.42. The summed E-state index contributed by atoms with van der Waals surface area (Å²) in [6, 6.07) is 5.07. The van der Waals surface area contributed by atoms with E-state index in [0.717, 1.165) is 4.47 Å².